The number of hydrazone groups is 1. The maximum absolute atomic E-state index is 12.3. The Kier molecular flexibility index (Phi) is 3.30. The zero-order chi connectivity index (χ0) is 15.0. The zero-order valence-corrected chi connectivity index (χ0v) is 12.1. The predicted octanol–water partition coefficient (Wildman–Crippen LogP) is 0.216. The first kappa shape index (κ1) is 13.8. The van der Waals surface area contributed by atoms with E-state index in [0.29, 0.717) is 24.5 Å². The molecule has 2 heterocycles. The minimum absolute atomic E-state index is 0.0963. The van der Waals surface area contributed by atoms with Crippen LogP contribution < -0.4 is 15.0 Å². The smallest absolute Gasteiger partial charge is 0.353 e. The molecule has 1 aromatic carbocycles. The number of fused-ring (bicyclic) bond motifs is 1. The SMILES string of the molecule is CC1=NNC(=O)N(NS(=O)(=O)c2ccc3c(c2)CCO3)C1. The van der Waals surface area contributed by atoms with E-state index in [2.05, 4.69) is 15.4 Å². The van der Waals surface area contributed by atoms with Gasteiger partial charge in [-0.2, -0.15) is 5.10 Å². The molecule has 21 heavy (non-hydrogen) atoms. The van der Waals surface area contributed by atoms with Gasteiger partial charge in [0, 0.05) is 6.42 Å². The number of benzene rings is 1. The molecule has 0 aliphatic carbocycles. The number of nitrogens with one attached hydrogen (secondary N) is 2. The number of amides is 2. The van der Waals surface area contributed by atoms with Crippen LogP contribution in [0.15, 0.2) is 28.2 Å². The fourth-order valence-corrected chi connectivity index (χ4v) is 3.23. The summed E-state index contributed by atoms with van der Waals surface area (Å²) in [5, 5.41) is 4.71. The van der Waals surface area contributed by atoms with Crippen molar-refractivity contribution in [2.75, 3.05) is 13.2 Å². The summed E-state index contributed by atoms with van der Waals surface area (Å²) in [6, 6.07) is 4.02. The molecule has 0 unspecified atom stereocenters. The fourth-order valence-electron chi connectivity index (χ4n) is 2.14. The lowest BCUT2D eigenvalue weighted by atomic mass is 10.2. The van der Waals surface area contributed by atoms with Gasteiger partial charge in [-0.1, -0.05) is 0 Å². The van der Waals surface area contributed by atoms with Gasteiger partial charge in [-0.15, -0.1) is 4.83 Å². The fraction of sp³-hybridized carbons (Fsp3) is 0.333. The van der Waals surface area contributed by atoms with Crippen LogP contribution in [-0.2, 0) is 16.4 Å². The second-order valence-corrected chi connectivity index (χ2v) is 6.47. The maximum Gasteiger partial charge on any atom is 0.353 e. The van der Waals surface area contributed by atoms with E-state index in [9.17, 15) is 13.2 Å². The minimum Gasteiger partial charge on any atom is -0.493 e. The molecule has 2 aliphatic rings. The van der Waals surface area contributed by atoms with Crippen LogP contribution in [0, 0.1) is 0 Å². The molecule has 2 aliphatic heterocycles. The van der Waals surface area contributed by atoms with Crippen molar-refractivity contribution in [3.63, 3.8) is 0 Å². The van der Waals surface area contributed by atoms with E-state index in [1.807, 2.05) is 0 Å². The van der Waals surface area contributed by atoms with E-state index >= 15 is 0 Å². The lowest BCUT2D eigenvalue weighted by Crippen LogP contribution is -2.54. The number of ether oxygens (including phenoxy) is 1. The van der Waals surface area contributed by atoms with Crippen LogP contribution in [0.3, 0.4) is 0 Å². The molecule has 2 amide bonds. The average molecular weight is 310 g/mol. The second kappa shape index (κ2) is 5.01. The van der Waals surface area contributed by atoms with E-state index in [-0.39, 0.29) is 11.4 Å². The minimum atomic E-state index is -3.83. The van der Waals surface area contributed by atoms with E-state index in [1.165, 1.54) is 6.07 Å². The van der Waals surface area contributed by atoms with Crippen molar-refractivity contribution in [3.05, 3.63) is 23.8 Å². The third kappa shape index (κ3) is 2.69. The first-order valence-electron chi connectivity index (χ1n) is 6.34. The summed E-state index contributed by atoms with van der Waals surface area (Å²) < 4.78 is 30.0. The van der Waals surface area contributed by atoms with E-state index in [0.717, 1.165) is 10.6 Å². The maximum atomic E-state index is 12.3. The summed E-state index contributed by atoms with van der Waals surface area (Å²) in [6.45, 7) is 2.34. The number of carbonyl (C=O) groups is 1. The Morgan fingerprint density at radius 2 is 2.24 bits per heavy atom. The van der Waals surface area contributed by atoms with Crippen molar-refractivity contribution in [1.29, 1.82) is 0 Å². The van der Waals surface area contributed by atoms with E-state index in [4.69, 9.17) is 4.74 Å². The molecule has 8 nitrogen and oxygen atoms in total. The lowest BCUT2D eigenvalue weighted by Gasteiger charge is -2.25. The highest BCUT2D eigenvalue weighted by molar-refractivity contribution is 7.89. The molecule has 0 saturated heterocycles. The molecular weight excluding hydrogens is 296 g/mol. The van der Waals surface area contributed by atoms with Crippen LogP contribution in [0.25, 0.3) is 0 Å². The quantitative estimate of drug-likeness (QED) is 0.834. The summed E-state index contributed by atoms with van der Waals surface area (Å²) in [7, 11) is -3.83. The molecule has 9 heteroatoms. The van der Waals surface area contributed by atoms with Gasteiger partial charge in [0.05, 0.1) is 23.8 Å². The number of nitrogens with zero attached hydrogens (tertiary/aromatic N) is 2. The summed E-state index contributed by atoms with van der Waals surface area (Å²) in [4.78, 5) is 13.9. The number of hydrogen-bond donors (Lipinski definition) is 2. The van der Waals surface area contributed by atoms with Crippen molar-refractivity contribution in [2.45, 2.75) is 18.2 Å². The molecule has 0 bridgehead atoms. The Balaban J connectivity index is 1.84. The van der Waals surface area contributed by atoms with Gasteiger partial charge in [-0.05, 0) is 30.7 Å². The Labute approximate surface area is 121 Å². The molecule has 3 rings (SSSR count). The van der Waals surface area contributed by atoms with Gasteiger partial charge in [0.25, 0.3) is 10.0 Å². The van der Waals surface area contributed by atoms with Crippen molar-refractivity contribution in [1.82, 2.24) is 15.3 Å². The molecule has 1 aromatic rings. The Hall–Kier alpha value is -2.13. The van der Waals surface area contributed by atoms with Crippen LogP contribution in [0.4, 0.5) is 4.79 Å². The highest BCUT2D eigenvalue weighted by atomic mass is 32.2. The number of urea groups is 1. The predicted molar refractivity (Wildman–Crippen MR) is 74.3 cm³/mol. The molecule has 0 fully saturated rings. The normalized spacial score (nSPS) is 17.9. The van der Waals surface area contributed by atoms with Gasteiger partial charge < -0.3 is 4.74 Å². The lowest BCUT2D eigenvalue weighted by molar-refractivity contribution is 0.193. The van der Waals surface area contributed by atoms with Crippen molar-refractivity contribution < 1.29 is 17.9 Å². The number of hydrazine groups is 1. The molecular formula is C12H14N4O4S. The number of carbonyl (C=O) groups excluding carboxylic acids is 1. The van der Waals surface area contributed by atoms with Crippen LogP contribution in [0.2, 0.25) is 0 Å². The summed E-state index contributed by atoms with van der Waals surface area (Å²) in [5.41, 5.74) is 3.67. The van der Waals surface area contributed by atoms with Crippen molar-refractivity contribution in [2.24, 2.45) is 5.10 Å². The molecule has 0 aromatic heterocycles. The Bertz CT molecular complexity index is 729. The van der Waals surface area contributed by atoms with Gasteiger partial charge in [0.15, 0.2) is 0 Å². The van der Waals surface area contributed by atoms with Crippen molar-refractivity contribution in [3.8, 4) is 5.75 Å². The third-order valence-electron chi connectivity index (χ3n) is 3.18. The third-order valence-corrected chi connectivity index (χ3v) is 4.51. The molecule has 2 N–H and O–H groups in total. The van der Waals surface area contributed by atoms with Crippen molar-refractivity contribution >= 4 is 21.8 Å². The van der Waals surface area contributed by atoms with Crippen LogP contribution in [-0.4, -0.2) is 38.3 Å². The first-order chi connectivity index (χ1) is 9.95. The molecule has 0 atom stereocenters. The molecule has 0 radical (unpaired) electrons. The molecule has 0 spiro atoms. The molecule has 0 saturated carbocycles. The van der Waals surface area contributed by atoms with Crippen LogP contribution >= 0.6 is 0 Å². The van der Waals surface area contributed by atoms with Gasteiger partial charge in [0.1, 0.15) is 5.75 Å². The second-order valence-electron chi connectivity index (χ2n) is 4.81. The highest BCUT2D eigenvalue weighted by Gasteiger charge is 2.26. The highest BCUT2D eigenvalue weighted by Crippen LogP contribution is 2.27. The standard InChI is InChI=1S/C12H14N4O4S/c1-8-7-16(12(17)14-13-8)15-21(18,19)10-2-3-11-9(6-10)4-5-20-11/h2-3,6,15H,4-5,7H2,1H3,(H,14,17). The number of hydrogen-bond acceptors (Lipinski definition) is 5. The average Bonchev–Trinajstić information content (AvgIpc) is 2.90. The van der Waals surface area contributed by atoms with E-state index in [1.54, 1.807) is 19.1 Å². The van der Waals surface area contributed by atoms with Crippen LogP contribution in [0.1, 0.15) is 12.5 Å². The van der Waals surface area contributed by atoms with Crippen LogP contribution in [0.5, 0.6) is 5.75 Å². The number of rotatable bonds is 3. The topological polar surface area (TPSA) is 100 Å². The zero-order valence-electron chi connectivity index (χ0n) is 11.3. The number of sulfonamides is 1. The van der Waals surface area contributed by atoms with Gasteiger partial charge in [-0.25, -0.2) is 23.6 Å². The summed E-state index contributed by atoms with van der Waals surface area (Å²) in [5.74, 6) is 0.702. The first-order valence-corrected chi connectivity index (χ1v) is 7.83. The largest absolute Gasteiger partial charge is 0.493 e. The summed E-state index contributed by atoms with van der Waals surface area (Å²) in [6.07, 6.45) is 0.675. The van der Waals surface area contributed by atoms with Gasteiger partial charge in [0.2, 0.25) is 0 Å². The van der Waals surface area contributed by atoms with E-state index < -0.39 is 16.1 Å². The summed E-state index contributed by atoms with van der Waals surface area (Å²) >= 11 is 0. The molecule has 112 valence electrons. The Morgan fingerprint density at radius 1 is 1.43 bits per heavy atom. The van der Waals surface area contributed by atoms with Gasteiger partial charge >= 0.3 is 6.03 Å². The monoisotopic (exact) mass is 310 g/mol. The Morgan fingerprint density at radius 3 is 3.05 bits per heavy atom. The van der Waals surface area contributed by atoms with Gasteiger partial charge in [-0.3, -0.25) is 0 Å².